The van der Waals surface area contributed by atoms with Gasteiger partial charge in [-0.3, -0.25) is 0 Å². The molecular formula is C17H20BrNO3S. The van der Waals surface area contributed by atoms with Crippen LogP contribution < -0.4 is 9.46 Å². The highest BCUT2D eigenvalue weighted by molar-refractivity contribution is 9.10. The number of nitrogens with one attached hydrogen (secondary N) is 1. The molecule has 2 aromatic rings. The summed E-state index contributed by atoms with van der Waals surface area (Å²) in [4.78, 5) is 0.266. The third-order valence-corrected chi connectivity index (χ3v) is 5.48. The number of para-hydroxylation sites is 1. The average Bonchev–Trinajstić information content (AvgIpc) is 2.53. The van der Waals surface area contributed by atoms with E-state index in [1.54, 1.807) is 12.1 Å². The van der Waals surface area contributed by atoms with Crippen LogP contribution in [0.3, 0.4) is 0 Å². The fourth-order valence-electron chi connectivity index (χ4n) is 2.01. The van der Waals surface area contributed by atoms with Crippen molar-refractivity contribution in [3.63, 3.8) is 0 Å². The lowest BCUT2D eigenvalue weighted by Gasteiger charge is -2.10. The van der Waals surface area contributed by atoms with E-state index in [4.69, 9.17) is 4.74 Å². The Balaban J connectivity index is 1.90. The Morgan fingerprint density at radius 3 is 2.35 bits per heavy atom. The molecule has 23 heavy (non-hydrogen) atoms. The number of rotatable bonds is 7. The van der Waals surface area contributed by atoms with E-state index < -0.39 is 10.0 Å². The molecule has 0 atom stereocenters. The van der Waals surface area contributed by atoms with Gasteiger partial charge in [0.25, 0.3) is 0 Å². The van der Waals surface area contributed by atoms with Crippen LogP contribution in [0.25, 0.3) is 0 Å². The largest absolute Gasteiger partial charge is 0.491 e. The van der Waals surface area contributed by atoms with Crippen LogP contribution in [-0.2, 0) is 10.0 Å². The molecule has 2 aromatic carbocycles. The van der Waals surface area contributed by atoms with Crippen LogP contribution in [-0.4, -0.2) is 21.6 Å². The summed E-state index contributed by atoms with van der Waals surface area (Å²) < 4.78 is 33.4. The summed E-state index contributed by atoms with van der Waals surface area (Å²) in [5, 5.41) is 0. The normalized spacial score (nSPS) is 11.7. The third-order valence-electron chi connectivity index (χ3n) is 3.35. The van der Waals surface area contributed by atoms with Crippen molar-refractivity contribution in [3.05, 3.63) is 58.6 Å². The molecule has 0 radical (unpaired) electrons. The number of halogens is 1. The summed E-state index contributed by atoms with van der Waals surface area (Å²) in [6.07, 6.45) is 0. The summed E-state index contributed by atoms with van der Waals surface area (Å²) in [5.74, 6) is 1.06. The third kappa shape index (κ3) is 5.06. The van der Waals surface area contributed by atoms with Gasteiger partial charge in [0.2, 0.25) is 10.0 Å². The number of ether oxygens (including phenoxy) is 1. The molecule has 0 amide bonds. The van der Waals surface area contributed by atoms with Crippen molar-refractivity contribution >= 4 is 26.0 Å². The molecule has 0 saturated carbocycles. The van der Waals surface area contributed by atoms with Crippen LogP contribution >= 0.6 is 15.9 Å². The maximum Gasteiger partial charge on any atom is 0.240 e. The Morgan fingerprint density at radius 1 is 1.09 bits per heavy atom. The molecule has 0 heterocycles. The fraction of sp³-hybridized carbons (Fsp3) is 0.294. The Bertz CT molecular complexity index is 743. The zero-order valence-electron chi connectivity index (χ0n) is 13.1. The van der Waals surface area contributed by atoms with Crippen LogP contribution in [0.2, 0.25) is 0 Å². The number of hydrogen-bond donors (Lipinski definition) is 1. The molecule has 0 aliphatic rings. The van der Waals surface area contributed by atoms with E-state index in [2.05, 4.69) is 34.5 Å². The number of hydrogen-bond acceptors (Lipinski definition) is 3. The molecule has 124 valence electrons. The van der Waals surface area contributed by atoms with Crippen molar-refractivity contribution in [1.29, 1.82) is 0 Å². The maximum atomic E-state index is 12.2. The van der Waals surface area contributed by atoms with Gasteiger partial charge in [0, 0.05) is 6.54 Å². The molecule has 0 bridgehead atoms. The molecule has 0 fully saturated rings. The van der Waals surface area contributed by atoms with Crippen LogP contribution in [0.1, 0.15) is 25.3 Å². The quantitative estimate of drug-likeness (QED) is 0.719. The lowest BCUT2D eigenvalue weighted by atomic mass is 10.0. The van der Waals surface area contributed by atoms with E-state index in [0.29, 0.717) is 11.7 Å². The van der Waals surface area contributed by atoms with E-state index in [1.807, 2.05) is 36.4 Å². The van der Waals surface area contributed by atoms with Gasteiger partial charge >= 0.3 is 0 Å². The lowest BCUT2D eigenvalue weighted by Crippen LogP contribution is -2.28. The molecule has 0 aliphatic heterocycles. The standard InChI is InChI=1S/C17H20BrNO3S/c1-13(2)14-7-9-15(10-8-14)23(20,21)19-11-12-22-17-6-4-3-5-16(17)18/h3-10,13,19H,11-12H2,1-2H3. The van der Waals surface area contributed by atoms with Crippen molar-refractivity contribution in [3.8, 4) is 5.75 Å². The van der Waals surface area contributed by atoms with E-state index in [9.17, 15) is 8.42 Å². The first-order valence-corrected chi connectivity index (χ1v) is 9.65. The van der Waals surface area contributed by atoms with Gasteiger partial charge in [0.05, 0.1) is 9.37 Å². The smallest absolute Gasteiger partial charge is 0.240 e. The minimum absolute atomic E-state index is 0.204. The predicted molar refractivity (Wildman–Crippen MR) is 95.4 cm³/mol. The first-order chi connectivity index (χ1) is 10.9. The molecule has 0 spiro atoms. The van der Waals surface area contributed by atoms with Gasteiger partial charge in [-0.05, 0) is 51.7 Å². The second-order valence-corrected chi connectivity index (χ2v) is 8.02. The van der Waals surface area contributed by atoms with Crippen molar-refractivity contribution in [2.45, 2.75) is 24.7 Å². The van der Waals surface area contributed by atoms with Gasteiger partial charge < -0.3 is 4.74 Å². The van der Waals surface area contributed by atoms with E-state index >= 15 is 0 Å². The Kier molecular flexibility index (Phi) is 6.21. The van der Waals surface area contributed by atoms with Crippen LogP contribution in [0.4, 0.5) is 0 Å². The first-order valence-electron chi connectivity index (χ1n) is 7.37. The molecule has 1 N–H and O–H groups in total. The number of benzene rings is 2. The van der Waals surface area contributed by atoms with E-state index in [-0.39, 0.29) is 18.0 Å². The molecule has 2 rings (SSSR count). The minimum Gasteiger partial charge on any atom is -0.491 e. The SMILES string of the molecule is CC(C)c1ccc(S(=O)(=O)NCCOc2ccccc2Br)cc1. The van der Waals surface area contributed by atoms with Crippen LogP contribution in [0.15, 0.2) is 57.9 Å². The average molecular weight is 398 g/mol. The van der Waals surface area contributed by atoms with Crippen LogP contribution in [0, 0.1) is 0 Å². The molecule has 0 saturated heterocycles. The zero-order chi connectivity index (χ0) is 16.9. The second kappa shape index (κ2) is 7.95. The Labute approximate surface area is 146 Å². The molecular weight excluding hydrogens is 378 g/mol. The highest BCUT2D eigenvalue weighted by atomic mass is 79.9. The summed E-state index contributed by atoms with van der Waals surface area (Å²) in [6, 6.07) is 14.4. The van der Waals surface area contributed by atoms with Crippen LogP contribution in [0.5, 0.6) is 5.75 Å². The van der Waals surface area contributed by atoms with E-state index in [1.165, 1.54) is 0 Å². The first kappa shape index (κ1) is 18.0. The molecule has 4 nitrogen and oxygen atoms in total. The monoisotopic (exact) mass is 397 g/mol. The van der Waals surface area contributed by atoms with E-state index in [0.717, 1.165) is 10.0 Å². The fourth-order valence-corrected chi connectivity index (χ4v) is 3.43. The molecule has 6 heteroatoms. The van der Waals surface area contributed by atoms with Crippen molar-refractivity contribution in [2.24, 2.45) is 0 Å². The van der Waals surface area contributed by atoms with Gasteiger partial charge in [-0.1, -0.05) is 38.1 Å². The van der Waals surface area contributed by atoms with Gasteiger partial charge in [-0.15, -0.1) is 0 Å². The second-order valence-electron chi connectivity index (χ2n) is 5.40. The molecule has 0 aromatic heterocycles. The van der Waals surface area contributed by atoms with Gasteiger partial charge in [-0.2, -0.15) is 0 Å². The lowest BCUT2D eigenvalue weighted by molar-refractivity contribution is 0.321. The van der Waals surface area contributed by atoms with Crippen molar-refractivity contribution in [2.75, 3.05) is 13.2 Å². The summed E-state index contributed by atoms with van der Waals surface area (Å²) >= 11 is 3.38. The highest BCUT2D eigenvalue weighted by Gasteiger charge is 2.13. The topological polar surface area (TPSA) is 55.4 Å². The minimum atomic E-state index is -3.51. The summed E-state index contributed by atoms with van der Waals surface area (Å²) in [7, 11) is -3.51. The van der Waals surface area contributed by atoms with Gasteiger partial charge in [0.1, 0.15) is 12.4 Å². The summed E-state index contributed by atoms with van der Waals surface area (Å²) in [5.41, 5.74) is 1.11. The zero-order valence-corrected chi connectivity index (χ0v) is 15.5. The predicted octanol–water partition coefficient (Wildman–Crippen LogP) is 3.93. The Morgan fingerprint density at radius 2 is 1.74 bits per heavy atom. The maximum absolute atomic E-state index is 12.2. The molecule has 0 unspecified atom stereocenters. The van der Waals surface area contributed by atoms with Gasteiger partial charge in [0.15, 0.2) is 0 Å². The Hall–Kier alpha value is -1.37. The number of sulfonamides is 1. The summed E-state index contributed by atoms with van der Waals surface area (Å²) in [6.45, 7) is 4.60. The van der Waals surface area contributed by atoms with Crippen molar-refractivity contribution in [1.82, 2.24) is 4.72 Å². The van der Waals surface area contributed by atoms with Crippen molar-refractivity contribution < 1.29 is 13.2 Å². The van der Waals surface area contributed by atoms with Gasteiger partial charge in [-0.25, -0.2) is 13.1 Å². The molecule has 0 aliphatic carbocycles. The highest BCUT2D eigenvalue weighted by Crippen LogP contribution is 2.23.